The van der Waals surface area contributed by atoms with E-state index < -0.39 is 4.87 Å². The molecule has 0 bridgehead atoms. The Morgan fingerprint density at radius 3 is 1.88 bits per heavy atom. The number of nitrogens with one attached hydrogen (secondary N) is 1. The summed E-state index contributed by atoms with van der Waals surface area (Å²) in [5.41, 5.74) is 2.45. The van der Waals surface area contributed by atoms with Crippen LogP contribution in [0.15, 0.2) is 85.2 Å². The van der Waals surface area contributed by atoms with Crippen LogP contribution in [0.5, 0.6) is 0 Å². The van der Waals surface area contributed by atoms with Crippen LogP contribution in [0.3, 0.4) is 0 Å². The zero-order chi connectivity index (χ0) is 16.8. The highest BCUT2D eigenvalue weighted by molar-refractivity contribution is 6.37. The molecule has 0 unspecified atom stereocenters. The molecule has 1 aromatic heterocycles. The molecule has 0 aliphatic heterocycles. The Morgan fingerprint density at radius 1 is 0.875 bits per heavy atom. The van der Waals surface area contributed by atoms with Crippen molar-refractivity contribution < 1.29 is 4.79 Å². The topological polar surface area (TPSA) is 42.0 Å². The van der Waals surface area contributed by atoms with Gasteiger partial charge in [0.1, 0.15) is 0 Å². The van der Waals surface area contributed by atoms with Gasteiger partial charge < -0.3 is 5.32 Å². The van der Waals surface area contributed by atoms with Gasteiger partial charge in [0.05, 0.1) is 0 Å². The molecule has 0 saturated carbocycles. The van der Waals surface area contributed by atoms with E-state index in [1.807, 2.05) is 72.8 Å². The van der Waals surface area contributed by atoms with Gasteiger partial charge in [-0.1, -0.05) is 72.3 Å². The summed E-state index contributed by atoms with van der Waals surface area (Å²) >= 11 is 6.88. The molecular weight excluding hydrogens is 320 g/mol. The van der Waals surface area contributed by atoms with Crippen LogP contribution in [0.2, 0.25) is 0 Å². The van der Waals surface area contributed by atoms with Gasteiger partial charge in [-0.2, -0.15) is 0 Å². The molecule has 0 fully saturated rings. The molecule has 0 radical (unpaired) electrons. The minimum absolute atomic E-state index is 0.252. The van der Waals surface area contributed by atoms with Gasteiger partial charge in [-0.15, -0.1) is 0 Å². The first-order valence-corrected chi connectivity index (χ1v) is 8.06. The lowest BCUT2D eigenvalue weighted by Gasteiger charge is -2.27. The summed E-state index contributed by atoms with van der Waals surface area (Å²) in [5.74, 6) is -0.252. The number of carbonyl (C=O) groups excluding carboxylic acids is 1. The average Bonchev–Trinajstić information content (AvgIpc) is 2.67. The second kappa shape index (κ2) is 7.28. The average molecular weight is 337 g/mol. The van der Waals surface area contributed by atoms with E-state index in [1.54, 1.807) is 12.4 Å². The van der Waals surface area contributed by atoms with Gasteiger partial charge in [-0.25, -0.2) is 0 Å². The molecule has 24 heavy (non-hydrogen) atoms. The number of pyridine rings is 1. The number of halogens is 1. The minimum Gasteiger partial charge on any atom is -0.350 e. The lowest BCUT2D eigenvalue weighted by molar-refractivity contribution is -0.123. The number of hydrogen-bond acceptors (Lipinski definition) is 2. The van der Waals surface area contributed by atoms with Crippen LogP contribution in [-0.4, -0.2) is 10.9 Å². The van der Waals surface area contributed by atoms with Crippen molar-refractivity contribution in [2.24, 2.45) is 0 Å². The van der Waals surface area contributed by atoms with Crippen molar-refractivity contribution in [3.05, 3.63) is 102 Å². The Labute approximate surface area is 146 Å². The number of alkyl halides is 1. The van der Waals surface area contributed by atoms with Crippen LogP contribution in [0.25, 0.3) is 0 Å². The molecule has 1 amide bonds. The van der Waals surface area contributed by atoms with Gasteiger partial charge in [0.25, 0.3) is 5.91 Å². The highest BCUT2D eigenvalue weighted by Gasteiger charge is 2.39. The van der Waals surface area contributed by atoms with Crippen molar-refractivity contribution in [2.45, 2.75) is 11.4 Å². The third-order valence-corrected chi connectivity index (χ3v) is 4.47. The lowest BCUT2D eigenvalue weighted by Crippen LogP contribution is -2.41. The molecule has 0 saturated heterocycles. The third kappa shape index (κ3) is 3.31. The van der Waals surface area contributed by atoms with E-state index in [0.29, 0.717) is 6.54 Å². The highest BCUT2D eigenvalue weighted by atomic mass is 35.5. The fraction of sp³-hybridized carbons (Fsp3) is 0.100. The zero-order valence-electron chi connectivity index (χ0n) is 13.0. The van der Waals surface area contributed by atoms with Crippen molar-refractivity contribution in [2.75, 3.05) is 0 Å². The number of amides is 1. The summed E-state index contributed by atoms with van der Waals surface area (Å²) in [6.07, 6.45) is 3.40. The molecule has 0 aliphatic carbocycles. The number of carbonyl (C=O) groups is 1. The smallest absolute Gasteiger partial charge is 0.250 e. The molecule has 4 heteroatoms. The van der Waals surface area contributed by atoms with Gasteiger partial charge in [-0.3, -0.25) is 9.78 Å². The summed E-state index contributed by atoms with van der Waals surface area (Å²) in [4.78, 5) is 15.7. The lowest BCUT2D eigenvalue weighted by atomic mass is 9.89. The predicted molar refractivity (Wildman–Crippen MR) is 95.6 cm³/mol. The Balaban J connectivity index is 1.92. The summed E-state index contributed by atoms with van der Waals surface area (Å²) in [5, 5.41) is 2.94. The summed E-state index contributed by atoms with van der Waals surface area (Å²) in [6, 6.07) is 22.5. The molecule has 0 spiro atoms. The normalized spacial score (nSPS) is 11.0. The summed E-state index contributed by atoms with van der Waals surface area (Å²) in [6.45, 7) is 0.398. The van der Waals surface area contributed by atoms with E-state index in [9.17, 15) is 4.79 Å². The SMILES string of the molecule is O=C(NCc1ccncc1)C(Cl)(c1ccccc1)c1ccccc1. The van der Waals surface area contributed by atoms with E-state index in [-0.39, 0.29) is 5.91 Å². The van der Waals surface area contributed by atoms with Crippen LogP contribution < -0.4 is 5.32 Å². The monoisotopic (exact) mass is 336 g/mol. The zero-order valence-corrected chi connectivity index (χ0v) is 13.8. The van der Waals surface area contributed by atoms with Crippen LogP contribution in [0, 0.1) is 0 Å². The first kappa shape index (κ1) is 16.2. The largest absolute Gasteiger partial charge is 0.350 e. The Morgan fingerprint density at radius 2 is 1.38 bits per heavy atom. The molecule has 1 N–H and O–H groups in total. The van der Waals surface area contributed by atoms with E-state index in [2.05, 4.69) is 10.3 Å². The molecule has 1 heterocycles. The summed E-state index contributed by atoms with van der Waals surface area (Å²) < 4.78 is 0. The van der Waals surface area contributed by atoms with Gasteiger partial charge >= 0.3 is 0 Å². The van der Waals surface area contributed by atoms with E-state index in [0.717, 1.165) is 16.7 Å². The third-order valence-electron chi connectivity index (χ3n) is 3.86. The van der Waals surface area contributed by atoms with Gasteiger partial charge in [-0.05, 0) is 28.8 Å². The fourth-order valence-electron chi connectivity index (χ4n) is 2.57. The maximum atomic E-state index is 13.0. The van der Waals surface area contributed by atoms with Crippen molar-refractivity contribution in [3.8, 4) is 0 Å². The molecule has 120 valence electrons. The number of hydrogen-bond donors (Lipinski definition) is 1. The molecule has 0 atom stereocenters. The van der Waals surface area contributed by atoms with Crippen LogP contribution >= 0.6 is 11.6 Å². The second-order valence-corrected chi connectivity index (χ2v) is 6.00. The minimum atomic E-state index is -1.27. The molecule has 3 nitrogen and oxygen atoms in total. The van der Waals surface area contributed by atoms with Crippen molar-refractivity contribution >= 4 is 17.5 Å². The van der Waals surface area contributed by atoms with Gasteiger partial charge in [0.2, 0.25) is 0 Å². The number of aromatic nitrogens is 1. The number of benzene rings is 2. The summed E-state index contributed by atoms with van der Waals surface area (Å²) in [7, 11) is 0. The second-order valence-electron chi connectivity index (χ2n) is 5.43. The number of rotatable bonds is 5. The predicted octanol–water partition coefficient (Wildman–Crippen LogP) is 3.88. The van der Waals surface area contributed by atoms with E-state index in [4.69, 9.17) is 11.6 Å². The quantitative estimate of drug-likeness (QED) is 0.718. The van der Waals surface area contributed by atoms with Crippen molar-refractivity contribution in [3.63, 3.8) is 0 Å². The number of nitrogens with zero attached hydrogens (tertiary/aromatic N) is 1. The molecular formula is C20H17ClN2O. The Kier molecular flexibility index (Phi) is 4.92. The Bertz CT molecular complexity index is 752. The molecule has 2 aromatic carbocycles. The van der Waals surface area contributed by atoms with Gasteiger partial charge in [0, 0.05) is 18.9 Å². The Hall–Kier alpha value is -2.65. The van der Waals surface area contributed by atoms with E-state index >= 15 is 0 Å². The van der Waals surface area contributed by atoms with Crippen LogP contribution in [0.1, 0.15) is 16.7 Å². The van der Waals surface area contributed by atoms with E-state index in [1.165, 1.54) is 0 Å². The maximum absolute atomic E-state index is 13.0. The highest BCUT2D eigenvalue weighted by Crippen LogP contribution is 2.36. The van der Waals surface area contributed by atoms with Crippen molar-refractivity contribution in [1.29, 1.82) is 0 Å². The molecule has 0 aliphatic rings. The first-order chi connectivity index (χ1) is 11.7. The van der Waals surface area contributed by atoms with Crippen molar-refractivity contribution in [1.82, 2.24) is 10.3 Å². The fourth-order valence-corrected chi connectivity index (χ4v) is 2.89. The maximum Gasteiger partial charge on any atom is 0.250 e. The van der Waals surface area contributed by atoms with Gasteiger partial charge in [0.15, 0.2) is 4.87 Å². The van der Waals surface area contributed by atoms with Crippen LogP contribution in [0.4, 0.5) is 0 Å². The molecule has 3 aromatic rings. The van der Waals surface area contributed by atoms with Crippen LogP contribution in [-0.2, 0) is 16.2 Å². The first-order valence-electron chi connectivity index (χ1n) is 7.68. The molecule has 3 rings (SSSR count). The standard InChI is InChI=1S/C20H17ClN2O/c21-20(17-7-3-1-4-8-17,18-9-5-2-6-10-18)19(24)23-15-16-11-13-22-14-12-16/h1-14H,15H2,(H,23,24).